The van der Waals surface area contributed by atoms with E-state index in [0.717, 1.165) is 5.56 Å². The van der Waals surface area contributed by atoms with Crippen LogP contribution in [0.15, 0.2) is 47.6 Å². The standard InChI is InChI=1S/C16H17ClN2OS/c1-12-6-3-4-7-13(12)10-19(2)15(20)11-21-16-14(17)8-5-9-18-16/h3-9H,10-11H2,1-2H3. The van der Waals surface area contributed by atoms with Gasteiger partial charge in [-0.1, -0.05) is 47.6 Å². The highest BCUT2D eigenvalue weighted by Crippen LogP contribution is 2.24. The van der Waals surface area contributed by atoms with Gasteiger partial charge < -0.3 is 4.90 Å². The highest BCUT2D eigenvalue weighted by molar-refractivity contribution is 8.00. The normalized spacial score (nSPS) is 10.4. The van der Waals surface area contributed by atoms with E-state index in [-0.39, 0.29) is 5.91 Å². The Morgan fingerprint density at radius 1 is 1.29 bits per heavy atom. The van der Waals surface area contributed by atoms with Crippen LogP contribution < -0.4 is 0 Å². The molecule has 0 unspecified atom stereocenters. The molecule has 1 aromatic heterocycles. The van der Waals surface area contributed by atoms with Gasteiger partial charge in [0.1, 0.15) is 5.03 Å². The summed E-state index contributed by atoms with van der Waals surface area (Å²) < 4.78 is 0. The molecular formula is C16H17ClN2OS. The number of hydrogen-bond donors (Lipinski definition) is 0. The first-order chi connectivity index (χ1) is 10.1. The Morgan fingerprint density at radius 3 is 2.76 bits per heavy atom. The van der Waals surface area contributed by atoms with Crippen LogP contribution in [0.2, 0.25) is 5.02 Å². The third kappa shape index (κ3) is 4.48. The van der Waals surface area contributed by atoms with Crippen molar-refractivity contribution < 1.29 is 4.79 Å². The van der Waals surface area contributed by atoms with E-state index >= 15 is 0 Å². The zero-order valence-corrected chi connectivity index (χ0v) is 13.6. The lowest BCUT2D eigenvalue weighted by atomic mass is 10.1. The van der Waals surface area contributed by atoms with Crippen LogP contribution >= 0.6 is 23.4 Å². The van der Waals surface area contributed by atoms with Crippen molar-refractivity contribution in [3.63, 3.8) is 0 Å². The predicted octanol–water partition coefficient (Wildman–Crippen LogP) is 3.79. The zero-order chi connectivity index (χ0) is 15.2. The van der Waals surface area contributed by atoms with Gasteiger partial charge in [0.25, 0.3) is 0 Å². The second kappa shape index (κ2) is 7.48. The van der Waals surface area contributed by atoms with Crippen LogP contribution in [0.25, 0.3) is 0 Å². The smallest absolute Gasteiger partial charge is 0.233 e. The molecule has 5 heteroatoms. The fraction of sp³-hybridized carbons (Fsp3) is 0.250. The highest BCUT2D eigenvalue weighted by Gasteiger charge is 2.12. The SMILES string of the molecule is Cc1ccccc1CN(C)C(=O)CSc1ncccc1Cl. The maximum atomic E-state index is 12.2. The first-order valence-electron chi connectivity index (χ1n) is 6.59. The summed E-state index contributed by atoms with van der Waals surface area (Å²) >= 11 is 7.39. The van der Waals surface area contributed by atoms with E-state index in [4.69, 9.17) is 11.6 Å². The van der Waals surface area contributed by atoms with Crippen LogP contribution in [0.4, 0.5) is 0 Å². The Labute approximate surface area is 134 Å². The lowest BCUT2D eigenvalue weighted by molar-refractivity contribution is -0.127. The predicted molar refractivity (Wildman–Crippen MR) is 87.6 cm³/mol. The summed E-state index contributed by atoms with van der Waals surface area (Å²) in [5, 5.41) is 1.27. The Hall–Kier alpha value is -1.52. The fourth-order valence-corrected chi connectivity index (χ4v) is 2.96. The van der Waals surface area contributed by atoms with E-state index in [1.165, 1.54) is 17.3 Å². The largest absolute Gasteiger partial charge is 0.341 e. The van der Waals surface area contributed by atoms with Crippen LogP contribution in [0.3, 0.4) is 0 Å². The van der Waals surface area contributed by atoms with Crippen LogP contribution in [0, 0.1) is 6.92 Å². The number of carbonyl (C=O) groups is 1. The van der Waals surface area contributed by atoms with Crippen LogP contribution in [0.1, 0.15) is 11.1 Å². The summed E-state index contributed by atoms with van der Waals surface area (Å²) in [6, 6.07) is 11.6. The van der Waals surface area contributed by atoms with Crippen molar-refractivity contribution in [3.05, 3.63) is 58.7 Å². The van der Waals surface area contributed by atoms with Crippen molar-refractivity contribution in [2.24, 2.45) is 0 Å². The van der Waals surface area contributed by atoms with Crippen molar-refractivity contribution in [2.45, 2.75) is 18.5 Å². The second-order valence-corrected chi connectivity index (χ2v) is 6.13. The Morgan fingerprint density at radius 2 is 2.05 bits per heavy atom. The van der Waals surface area contributed by atoms with Gasteiger partial charge >= 0.3 is 0 Å². The van der Waals surface area contributed by atoms with Crippen LogP contribution in [0.5, 0.6) is 0 Å². The molecule has 0 spiro atoms. The molecule has 0 bridgehead atoms. The van der Waals surface area contributed by atoms with E-state index < -0.39 is 0 Å². The first-order valence-corrected chi connectivity index (χ1v) is 7.96. The molecule has 1 heterocycles. The van der Waals surface area contributed by atoms with E-state index in [2.05, 4.69) is 18.0 Å². The molecule has 0 atom stereocenters. The number of rotatable bonds is 5. The minimum absolute atomic E-state index is 0.0602. The van der Waals surface area contributed by atoms with Crippen LogP contribution in [-0.2, 0) is 11.3 Å². The number of pyridine rings is 1. The van der Waals surface area contributed by atoms with E-state index in [0.29, 0.717) is 22.3 Å². The molecular weight excluding hydrogens is 304 g/mol. The van der Waals surface area contributed by atoms with Gasteiger partial charge in [0, 0.05) is 19.8 Å². The lowest BCUT2D eigenvalue weighted by Crippen LogP contribution is -2.28. The molecule has 0 saturated carbocycles. The van der Waals surface area contributed by atoms with E-state index in [1.54, 1.807) is 23.2 Å². The molecule has 0 saturated heterocycles. The summed E-state index contributed by atoms with van der Waals surface area (Å²) in [5.74, 6) is 0.393. The number of carbonyl (C=O) groups excluding carboxylic acids is 1. The molecule has 2 aromatic rings. The maximum absolute atomic E-state index is 12.2. The number of halogens is 1. The van der Waals surface area contributed by atoms with Gasteiger partial charge in [-0.25, -0.2) is 4.98 Å². The van der Waals surface area contributed by atoms with Gasteiger partial charge in [-0.2, -0.15) is 0 Å². The monoisotopic (exact) mass is 320 g/mol. The maximum Gasteiger partial charge on any atom is 0.233 e. The molecule has 0 aliphatic carbocycles. The van der Waals surface area contributed by atoms with Crippen molar-refractivity contribution in [3.8, 4) is 0 Å². The molecule has 0 fully saturated rings. The van der Waals surface area contributed by atoms with Crippen molar-refractivity contribution >= 4 is 29.3 Å². The minimum atomic E-state index is 0.0602. The fourth-order valence-electron chi connectivity index (χ4n) is 1.85. The lowest BCUT2D eigenvalue weighted by Gasteiger charge is -2.18. The molecule has 0 aliphatic rings. The summed E-state index contributed by atoms with van der Waals surface area (Å²) in [7, 11) is 1.81. The number of nitrogens with zero attached hydrogens (tertiary/aromatic N) is 2. The number of benzene rings is 1. The van der Waals surface area contributed by atoms with Gasteiger partial charge in [0.15, 0.2) is 0 Å². The topological polar surface area (TPSA) is 33.2 Å². The number of thioether (sulfide) groups is 1. The Bertz CT molecular complexity index is 633. The zero-order valence-electron chi connectivity index (χ0n) is 12.0. The van der Waals surface area contributed by atoms with Gasteiger partial charge in [-0.05, 0) is 30.2 Å². The summed E-state index contributed by atoms with van der Waals surface area (Å²) in [5.41, 5.74) is 2.35. The number of aryl methyl sites for hydroxylation is 1. The van der Waals surface area contributed by atoms with Crippen LogP contribution in [-0.4, -0.2) is 28.6 Å². The quantitative estimate of drug-likeness (QED) is 0.786. The van der Waals surface area contributed by atoms with Gasteiger partial charge in [-0.3, -0.25) is 4.79 Å². The highest BCUT2D eigenvalue weighted by atomic mass is 35.5. The third-order valence-electron chi connectivity index (χ3n) is 3.15. The van der Waals surface area contributed by atoms with E-state index in [1.807, 2.05) is 25.2 Å². The molecule has 0 aliphatic heterocycles. The average molecular weight is 321 g/mol. The number of aromatic nitrogens is 1. The van der Waals surface area contributed by atoms with Crippen molar-refractivity contribution in [1.82, 2.24) is 9.88 Å². The minimum Gasteiger partial charge on any atom is -0.341 e. The Kier molecular flexibility index (Phi) is 5.65. The molecule has 2 rings (SSSR count). The summed E-state index contributed by atoms with van der Waals surface area (Å²) in [6.45, 7) is 2.66. The molecule has 3 nitrogen and oxygen atoms in total. The van der Waals surface area contributed by atoms with E-state index in [9.17, 15) is 4.79 Å². The van der Waals surface area contributed by atoms with Gasteiger partial charge in [-0.15, -0.1) is 0 Å². The van der Waals surface area contributed by atoms with Crippen molar-refractivity contribution in [1.29, 1.82) is 0 Å². The van der Waals surface area contributed by atoms with Gasteiger partial charge in [0.05, 0.1) is 10.8 Å². The van der Waals surface area contributed by atoms with Gasteiger partial charge in [0.2, 0.25) is 5.91 Å². The third-order valence-corrected chi connectivity index (χ3v) is 4.56. The summed E-state index contributed by atoms with van der Waals surface area (Å²) in [6.07, 6.45) is 1.68. The average Bonchev–Trinajstić information content (AvgIpc) is 2.48. The number of amides is 1. The Balaban J connectivity index is 1.91. The summed E-state index contributed by atoms with van der Waals surface area (Å²) in [4.78, 5) is 18.1. The molecule has 21 heavy (non-hydrogen) atoms. The van der Waals surface area contributed by atoms with Crippen molar-refractivity contribution in [2.75, 3.05) is 12.8 Å². The molecule has 1 aromatic carbocycles. The molecule has 1 amide bonds. The molecule has 110 valence electrons. The number of hydrogen-bond acceptors (Lipinski definition) is 3. The molecule has 0 N–H and O–H groups in total. The second-order valence-electron chi connectivity index (χ2n) is 4.76. The first kappa shape index (κ1) is 15.9. The molecule has 0 radical (unpaired) electrons.